The molecule has 13 nitrogen and oxygen atoms in total. The lowest BCUT2D eigenvalue weighted by atomic mass is 9.92. The van der Waals surface area contributed by atoms with Crippen molar-refractivity contribution >= 4 is 29.7 Å². The highest BCUT2D eigenvalue weighted by molar-refractivity contribution is 5.97. The van der Waals surface area contributed by atoms with E-state index in [4.69, 9.17) is 21.9 Å². The van der Waals surface area contributed by atoms with E-state index in [2.05, 4.69) is 5.32 Å². The smallest absolute Gasteiger partial charge is 0.421 e. The van der Waals surface area contributed by atoms with Crippen molar-refractivity contribution in [2.45, 2.75) is 95.9 Å². The second-order valence-corrected chi connectivity index (χ2v) is 12.9. The van der Waals surface area contributed by atoms with E-state index in [-0.39, 0.29) is 31.9 Å². The molecule has 0 aromatic heterocycles. The van der Waals surface area contributed by atoms with E-state index in [1.165, 1.54) is 6.92 Å². The summed E-state index contributed by atoms with van der Waals surface area (Å²) in [4.78, 5) is 66.4. The third kappa shape index (κ3) is 8.47. The third-order valence-corrected chi connectivity index (χ3v) is 8.60. The van der Waals surface area contributed by atoms with Crippen LogP contribution in [0.5, 0.6) is 0 Å². The molecular weight excluding hydrogens is 592 g/mol. The molecule has 6 atom stereocenters. The molecule has 0 aliphatic carbocycles. The van der Waals surface area contributed by atoms with Gasteiger partial charge in [-0.25, -0.2) is 4.79 Å². The molecule has 1 heterocycles. The fourth-order valence-electron chi connectivity index (χ4n) is 6.58. The highest BCUT2D eigenvalue weighted by Gasteiger charge is 2.65. The van der Waals surface area contributed by atoms with Crippen molar-refractivity contribution in [3.8, 4) is 0 Å². The van der Waals surface area contributed by atoms with Crippen LogP contribution in [0.15, 0.2) is 60.7 Å². The first-order valence-electron chi connectivity index (χ1n) is 15.3. The molecule has 3 unspecified atom stereocenters. The Morgan fingerprint density at radius 3 is 2.07 bits per heavy atom. The Bertz CT molecular complexity index is 1380. The monoisotopic (exact) mass is 639 g/mol. The summed E-state index contributed by atoms with van der Waals surface area (Å²) in [6.07, 6.45) is -4.14. The van der Waals surface area contributed by atoms with Gasteiger partial charge in [-0.05, 0) is 44.7 Å². The van der Waals surface area contributed by atoms with Gasteiger partial charge in [-0.2, -0.15) is 4.90 Å². The van der Waals surface area contributed by atoms with Gasteiger partial charge in [-0.15, -0.1) is 0 Å². The van der Waals surface area contributed by atoms with Gasteiger partial charge in [0.1, 0.15) is 19.3 Å². The molecule has 0 bridgehead atoms. The summed E-state index contributed by atoms with van der Waals surface area (Å²) in [6.45, 7) is 6.57. The van der Waals surface area contributed by atoms with Crippen molar-refractivity contribution in [1.29, 1.82) is 0 Å². The van der Waals surface area contributed by atoms with E-state index in [1.54, 1.807) is 51.1 Å². The summed E-state index contributed by atoms with van der Waals surface area (Å²) in [5, 5.41) is 15.0. The first kappa shape index (κ1) is 36.1. The number of amides is 5. The Kier molecular flexibility index (Phi) is 12.0. The maximum atomic E-state index is 14.2. The van der Waals surface area contributed by atoms with Gasteiger partial charge >= 0.3 is 6.09 Å². The van der Waals surface area contributed by atoms with E-state index in [0.717, 1.165) is 10.5 Å². The number of quaternary nitrogens is 1. The Balaban J connectivity index is 2.24. The number of primary amides is 2. The largest absolute Gasteiger partial charge is 0.444 e. The molecule has 0 spiro atoms. The Morgan fingerprint density at radius 1 is 1.00 bits per heavy atom. The molecule has 2 aromatic carbocycles. The number of benzene rings is 2. The van der Waals surface area contributed by atoms with Gasteiger partial charge in [0.25, 0.3) is 11.8 Å². The van der Waals surface area contributed by atoms with Crippen molar-refractivity contribution < 1.29 is 38.3 Å². The normalized spacial score (nSPS) is 21.4. The van der Waals surface area contributed by atoms with Gasteiger partial charge in [0.15, 0.2) is 6.04 Å². The van der Waals surface area contributed by atoms with Crippen LogP contribution in [0.1, 0.15) is 58.1 Å². The SMILES string of the molecule is CC(=O)N[C@@H]1C[C@H](C(N)=O)[N+](C(C(O)CCc2ccccc2)N(C(=O)OCc2ccccc2)C(=O)[C@@H](N)CC(N)=O)(C(C)(C)C)C1. The lowest BCUT2D eigenvalue weighted by Crippen LogP contribution is -2.78. The minimum atomic E-state index is -1.56. The molecule has 1 aliphatic heterocycles. The number of carbonyl (C=O) groups excluding carboxylic acids is 5. The van der Waals surface area contributed by atoms with Gasteiger partial charge in [-0.1, -0.05) is 60.7 Å². The number of imide groups is 1. The van der Waals surface area contributed by atoms with Crippen molar-refractivity contribution in [2.75, 3.05) is 6.54 Å². The lowest BCUT2D eigenvalue weighted by molar-refractivity contribution is -1.00. The predicted molar refractivity (Wildman–Crippen MR) is 170 cm³/mol. The summed E-state index contributed by atoms with van der Waals surface area (Å²) in [5.41, 5.74) is 18.1. The van der Waals surface area contributed by atoms with Crippen LogP contribution in [0.2, 0.25) is 0 Å². The number of hydrogen-bond donors (Lipinski definition) is 5. The molecular formula is C33H47N6O7+. The number of nitrogens with two attached hydrogens (primary N) is 3. The maximum absolute atomic E-state index is 14.2. The maximum Gasteiger partial charge on any atom is 0.421 e. The second-order valence-electron chi connectivity index (χ2n) is 12.9. The molecule has 1 saturated heterocycles. The van der Waals surface area contributed by atoms with Gasteiger partial charge in [0, 0.05) is 13.3 Å². The van der Waals surface area contributed by atoms with Gasteiger partial charge in [0.2, 0.25) is 18.0 Å². The molecule has 1 aliphatic rings. The fraction of sp³-hybridized carbons (Fsp3) is 0.485. The highest BCUT2D eigenvalue weighted by atomic mass is 16.6. The van der Waals surface area contributed by atoms with E-state index < -0.39 is 70.7 Å². The Labute approximate surface area is 269 Å². The molecule has 3 rings (SSSR count). The van der Waals surface area contributed by atoms with E-state index in [0.29, 0.717) is 12.0 Å². The van der Waals surface area contributed by atoms with Crippen LogP contribution in [0, 0.1) is 0 Å². The quantitative estimate of drug-likeness (QED) is 0.200. The summed E-state index contributed by atoms with van der Waals surface area (Å²) in [5.74, 6) is -2.98. The number of likely N-dealkylation sites (tertiary alicyclic amines) is 1. The number of hydrogen-bond acceptors (Lipinski definition) is 8. The highest BCUT2D eigenvalue weighted by Crippen LogP contribution is 2.43. The number of carbonyl (C=O) groups is 5. The average Bonchev–Trinajstić information content (AvgIpc) is 3.37. The number of aliphatic hydroxyl groups is 1. The minimum absolute atomic E-state index is 0.0323. The molecule has 13 heteroatoms. The van der Waals surface area contributed by atoms with Crippen molar-refractivity contribution in [3.63, 3.8) is 0 Å². The number of rotatable bonds is 13. The van der Waals surface area contributed by atoms with Crippen LogP contribution in [0.3, 0.4) is 0 Å². The van der Waals surface area contributed by atoms with Crippen LogP contribution in [-0.4, -0.2) is 86.7 Å². The van der Waals surface area contributed by atoms with E-state index in [9.17, 15) is 29.1 Å². The van der Waals surface area contributed by atoms with Gasteiger partial charge in [0.05, 0.1) is 24.0 Å². The summed E-state index contributed by atoms with van der Waals surface area (Å²) in [6, 6.07) is 14.9. The van der Waals surface area contributed by atoms with Crippen LogP contribution in [-0.2, 0) is 36.9 Å². The minimum Gasteiger partial charge on any atom is -0.444 e. The Hall–Kier alpha value is -4.33. The van der Waals surface area contributed by atoms with Crippen LogP contribution >= 0.6 is 0 Å². The predicted octanol–water partition coefficient (Wildman–Crippen LogP) is 1.05. The van der Waals surface area contributed by atoms with Crippen molar-refractivity contribution in [3.05, 3.63) is 71.8 Å². The molecule has 46 heavy (non-hydrogen) atoms. The van der Waals surface area contributed by atoms with Crippen LogP contribution < -0.4 is 22.5 Å². The molecule has 0 saturated carbocycles. The third-order valence-electron chi connectivity index (χ3n) is 8.60. The molecule has 2 aromatic rings. The second kappa shape index (κ2) is 15.3. The number of nitrogens with one attached hydrogen (secondary N) is 1. The zero-order chi connectivity index (χ0) is 34.2. The Morgan fingerprint density at radius 2 is 1.57 bits per heavy atom. The number of aliphatic hydroxyl groups excluding tert-OH is 1. The molecule has 5 amide bonds. The zero-order valence-electron chi connectivity index (χ0n) is 26.9. The average molecular weight is 640 g/mol. The summed E-state index contributed by atoms with van der Waals surface area (Å²) < 4.78 is 5.26. The van der Waals surface area contributed by atoms with Gasteiger partial charge < -0.3 is 32.4 Å². The topological polar surface area (TPSA) is 208 Å². The fourth-order valence-corrected chi connectivity index (χ4v) is 6.58. The number of nitrogens with zero attached hydrogens (tertiary/aromatic N) is 2. The van der Waals surface area contributed by atoms with Crippen molar-refractivity contribution in [2.24, 2.45) is 17.2 Å². The summed E-state index contributed by atoms with van der Waals surface area (Å²) in [7, 11) is 0. The zero-order valence-corrected chi connectivity index (χ0v) is 26.9. The number of aryl methyl sites for hydroxylation is 1. The molecule has 1 fully saturated rings. The van der Waals surface area contributed by atoms with E-state index in [1.807, 2.05) is 30.3 Å². The summed E-state index contributed by atoms with van der Waals surface area (Å²) >= 11 is 0. The van der Waals surface area contributed by atoms with Crippen LogP contribution in [0.25, 0.3) is 0 Å². The standard InChI is InChI=1S/C33H46N6O7/c1-21(40)37-24-17-26(29(36)43)39(19-24,33(2,3)4)30(27(41)16-15-22-11-7-5-8-12-22)38(31(44)25(34)18-28(35)42)32(45)46-20-23-13-9-6-10-14-23/h5-14,24-27,30,41H,15-20,34H2,1-4H3,(H4-,35,36,37,40,42,43)/p+1/t24-,25+,26-,27?,30?,39?/m1/s1. The first-order valence-corrected chi connectivity index (χ1v) is 15.3. The lowest BCUT2D eigenvalue weighted by Gasteiger charge is -2.56. The molecule has 250 valence electrons. The first-order chi connectivity index (χ1) is 21.6. The van der Waals surface area contributed by atoms with E-state index >= 15 is 0 Å². The molecule has 0 radical (unpaired) electrons. The van der Waals surface area contributed by atoms with Crippen molar-refractivity contribution in [1.82, 2.24) is 10.2 Å². The molecule has 8 N–H and O–H groups in total. The van der Waals surface area contributed by atoms with Crippen LogP contribution in [0.4, 0.5) is 4.79 Å². The van der Waals surface area contributed by atoms with Gasteiger partial charge in [-0.3, -0.25) is 23.7 Å². The number of ether oxygens (including phenoxy) is 1.